The molecule has 0 saturated heterocycles. The van der Waals surface area contributed by atoms with Crippen molar-refractivity contribution in [2.24, 2.45) is 7.05 Å². The first-order chi connectivity index (χ1) is 12.6. The lowest BCUT2D eigenvalue weighted by Crippen LogP contribution is -2.10. The van der Waals surface area contributed by atoms with Gasteiger partial charge in [0.1, 0.15) is 11.6 Å². The lowest BCUT2D eigenvalue weighted by molar-refractivity contribution is 0.211. The predicted octanol–water partition coefficient (Wildman–Crippen LogP) is 4.95. The van der Waals surface area contributed by atoms with Crippen LogP contribution in [0.25, 0.3) is 0 Å². The number of aromatic nitrogens is 3. The summed E-state index contributed by atoms with van der Waals surface area (Å²) in [7, 11) is 1.93. The Hall–Kier alpha value is -2.34. The summed E-state index contributed by atoms with van der Waals surface area (Å²) in [6.45, 7) is 4.09. The molecule has 1 heterocycles. The van der Waals surface area contributed by atoms with E-state index >= 15 is 0 Å². The summed E-state index contributed by atoms with van der Waals surface area (Å²) in [4.78, 5) is 0. The zero-order chi connectivity index (χ0) is 18.5. The van der Waals surface area contributed by atoms with Gasteiger partial charge in [0.05, 0.1) is 0 Å². The molecule has 0 aliphatic carbocycles. The fourth-order valence-corrected chi connectivity index (χ4v) is 3.47. The van der Waals surface area contributed by atoms with Gasteiger partial charge >= 0.3 is 0 Å². The Balaban J connectivity index is 1.64. The van der Waals surface area contributed by atoms with Gasteiger partial charge in [0.25, 0.3) is 0 Å². The first-order valence-electron chi connectivity index (χ1n) is 8.59. The van der Waals surface area contributed by atoms with Crippen LogP contribution in [0, 0.1) is 5.82 Å². The number of benzene rings is 2. The Labute approximate surface area is 157 Å². The highest BCUT2D eigenvalue weighted by atomic mass is 32.2. The Bertz CT molecular complexity index is 846. The lowest BCUT2D eigenvalue weighted by Gasteiger charge is -2.14. The number of halogens is 1. The van der Waals surface area contributed by atoms with Crippen LogP contribution < -0.4 is 4.74 Å². The Morgan fingerprint density at radius 2 is 1.69 bits per heavy atom. The van der Waals surface area contributed by atoms with Crippen LogP contribution in [0.5, 0.6) is 5.75 Å². The molecule has 0 amide bonds. The van der Waals surface area contributed by atoms with Crippen LogP contribution in [0.3, 0.4) is 0 Å². The number of rotatable bonds is 7. The van der Waals surface area contributed by atoms with Gasteiger partial charge in [-0.2, -0.15) is 0 Å². The zero-order valence-corrected chi connectivity index (χ0v) is 16.0. The van der Waals surface area contributed by atoms with Crippen LogP contribution in [0.1, 0.15) is 36.9 Å². The average molecular weight is 371 g/mol. The van der Waals surface area contributed by atoms with Gasteiger partial charge in [0, 0.05) is 12.8 Å². The van der Waals surface area contributed by atoms with Crippen LogP contribution >= 0.6 is 11.8 Å². The molecular formula is C20H22FN3OS. The maximum Gasteiger partial charge on any atom is 0.191 e. The molecule has 0 fully saturated rings. The minimum absolute atomic E-state index is 0.208. The smallest absolute Gasteiger partial charge is 0.191 e. The predicted molar refractivity (Wildman–Crippen MR) is 102 cm³/mol. The molecule has 1 aromatic heterocycles. The van der Waals surface area contributed by atoms with E-state index in [0.717, 1.165) is 28.7 Å². The molecule has 1 atom stereocenters. The second kappa shape index (κ2) is 8.36. The number of aryl methyl sites for hydroxylation is 1. The summed E-state index contributed by atoms with van der Waals surface area (Å²) in [6, 6.07) is 14.6. The van der Waals surface area contributed by atoms with Crippen LogP contribution in [0.15, 0.2) is 53.7 Å². The Kier molecular flexibility index (Phi) is 5.93. The maximum absolute atomic E-state index is 13.0. The monoisotopic (exact) mass is 371 g/mol. The normalized spacial score (nSPS) is 12.2. The Morgan fingerprint density at radius 1 is 1.04 bits per heavy atom. The highest BCUT2D eigenvalue weighted by molar-refractivity contribution is 7.98. The Morgan fingerprint density at radius 3 is 2.35 bits per heavy atom. The van der Waals surface area contributed by atoms with Crippen molar-refractivity contribution in [3.05, 3.63) is 71.3 Å². The minimum Gasteiger partial charge on any atom is -0.483 e. The number of thioether (sulfide) groups is 1. The summed E-state index contributed by atoms with van der Waals surface area (Å²) < 4.78 is 20.9. The molecule has 3 rings (SSSR count). The van der Waals surface area contributed by atoms with E-state index in [0.29, 0.717) is 5.75 Å². The van der Waals surface area contributed by atoms with Gasteiger partial charge < -0.3 is 9.30 Å². The maximum atomic E-state index is 13.0. The molecule has 0 bridgehead atoms. The molecule has 2 aromatic carbocycles. The molecule has 26 heavy (non-hydrogen) atoms. The quantitative estimate of drug-likeness (QED) is 0.551. The molecule has 6 heteroatoms. The first-order valence-corrected chi connectivity index (χ1v) is 9.57. The molecule has 0 spiro atoms. The van der Waals surface area contributed by atoms with Gasteiger partial charge in [-0.3, -0.25) is 0 Å². The standard InChI is InChI=1S/C20H22FN3OS/c1-4-15-7-11-18(12-8-15)25-14(2)19-22-23-20(24(19)3)26-13-16-5-9-17(21)10-6-16/h5-12,14H,4,13H2,1-3H3/t14-/m0/s1. The molecule has 4 nitrogen and oxygen atoms in total. The highest BCUT2D eigenvalue weighted by Crippen LogP contribution is 2.25. The number of hydrogen-bond donors (Lipinski definition) is 0. The second-order valence-electron chi connectivity index (χ2n) is 6.07. The van der Waals surface area contributed by atoms with Gasteiger partial charge in [-0.1, -0.05) is 43.0 Å². The zero-order valence-electron chi connectivity index (χ0n) is 15.1. The van der Waals surface area contributed by atoms with E-state index in [1.165, 1.54) is 17.7 Å². The van der Waals surface area contributed by atoms with Gasteiger partial charge in [-0.25, -0.2) is 4.39 Å². The third-order valence-corrected chi connectivity index (χ3v) is 5.25. The number of nitrogens with zero attached hydrogens (tertiary/aromatic N) is 3. The van der Waals surface area contributed by atoms with Crippen molar-refractivity contribution in [2.75, 3.05) is 0 Å². The van der Waals surface area contributed by atoms with Crippen molar-refractivity contribution in [3.8, 4) is 5.75 Å². The molecule has 0 saturated carbocycles. The molecule has 0 N–H and O–H groups in total. The molecule has 3 aromatic rings. The molecule has 0 unspecified atom stereocenters. The van der Waals surface area contributed by atoms with Gasteiger partial charge in [0.15, 0.2) is 17.1 Å². The fourth-order valence-electron chi connectivity index (χ4n) is 2.59. The van der Waals surface area contributed by atoms with E-state index in [1.807, 2.05) is 30.7 Å². The molecule has 0 radical (unpaired) electrons. The van der Waals surface area contributed by atoms with Crippen LogP contribution in [-0.2, 0) is 19.2 Å². The van der Waals surface area contributed by atoms with E-state index in [9.17, 15) is 4.39 Å². The van der Waals surface area contributed by atoms with Crippen molar-refractivity contribution in [1.82, 2.24) is 14.8 Å². The van der Waals surface area contributed by atoms with Gasteiger partial charge in [0.2, 0.25) is 0 Å². The van der Waals surface area contributed by atoms with Crippen molar-refractivity contribution >= 4 is 11.8 Å². The number of hydrogen-bond acceptors (Lipinski definition) is 4. The summed E-state index contributed by atoms with van der Waals surface area (Å²) in [5, 5.41) is 9.35. The fraction of sp³-hybridized carbons (Fsp3) is 0.300. The third kappa shape index (κ3) is 4.43. The third-order valence-electron chi connectivity index (χ3n) is 4.16. The number of ether oxygens (including phenoxy) is 1. The lowest BCUT2D eigenvalue weighted by atomic mass is 10.2. The van der Waals surface area contributed by atoms with E-state index in [2.05, 4.69) is 29.3 Å². The topological polar surface area (TPSA) is 39.9 Å². The van der Waals surface area contributed by atoms with Crippen LogP contribution in [-0.4, -0.2) is 14.8 Å². The summed E-state index contributed by atoms with van der Waals surface area (Å²) in [5.41, 5.74) is 2.32. The summed E-state index contributed by atoms with van der Waals surface area (Å²) in [6.07, 6.45) is 0.800. The average Bonchev–Trinajstić information content (AvgIpc) is 3.02. The SMILES string of the molecule is CCc1ccc(O[C@@H](C)c2nnc(SCc3ccc(F)cc3)n2C)cc1. The minimum atomic E-state index is -0.224. The van der Waals surface area contributed by atoms with Crippen molar-refractivity contribution in [1.29, 1.82) is 0 Å². The second-order valence-corrected chi connectivity index (χ2v) is 7.02. The molecule has 136 valence electrons. The van der Waals surface area contributed by atoms with E-state index in [1.54, 1.807) is 23.9 Å². The van der Waals surface area contributed by atoms with E-state index in [-0.39, 0.29) is 11.9 Å². The van der Waals surface area contributed by atoms with Crippen LogP contribution in [0.4, 0.5) is 4.39 Å². The molecular weight excluding hydrogens is 349 g/mol. The van der Waals surface area contributed by atoms with Crippen molar-refractivity contribution in [3.63, 3.8) is 0 Å². The summed E-state index contributed by atoms with van der Waals surface area (Å²) >= 11 is 1.57. The summed E-state index contributed by atoms with van der Waals surface area (Å²) in [5.74, 6) is 2.07. The highest BCUT2D eigenvalue weighted by Gasteiger charge is 2.17. The van der Waals surface area contributed by atoms with E-state index < -0.39 is 0 Å². The van der Waals surface area contributed by atoms with E-state index in [4.69, 9.17) is 4.74 Å². The van der Waals surface area contributed by atoms with Crippen LogP contribution in [0.2, 0.25) is 0 Å². The largest absolute Gasteiger partial charge is 0.483 e. The van der Waals surface area contributed by atoms with Crippen molar-refractivity contribution < 1.29 is 9.13 Å². The van der Waals surface area contributed by atoms with Gasteiger partial charge in [-0.15, -0.1) is 10.2 Å². The molecule has 0 aliphatic rings. The van der Waals surface area contributed by atoms with Gasteiger partial charge in [-0.05, 0) is 48.7 Å². The molecule has 0 aliphatic heterocycles. The first kappa shape index (κ1) is 18.5. The van der Waals surface area contributed by atoms with Crippen molar-refractivity contribution in [2.45, 2.75) is 37.3 Å².